The minimum Gasteiger partial charge on any atom is -0.459 e. The van der Waals surface area contributed by atoms with Crippen LogP contribution in [0.3, 0.4) is 0 Å². The first-order valence-corrected chi connectivity index (χ1v) is 8.78. The zero-order valence-corrected chi connectivity index (χ0v) is 15.4. The van der Waals surface area contributed by atoms with Gasteiger partial charge in [-0.25, -0.2) is 8.78 Å². The molecule has 1 N–H and O–H groups in total. The Bertz CT molecular complexity index is 595. The molecule has 3 nitrogen and oxygen atoms in total. The first-order valence-electron chi connectivity index (χ1n) is 8.78. The van der Waals surface area contributed by atoms with Gasteiger partial charge in [-0.05, 0) is 57.3 Å². The van der Waals surface area contributed by atoms with Crippen LogP contribution in [0.5, 0.6) is 0 Å². The number of halogens is 8. The van der Waals surface area contributed by atoms with E-state index in [0.29, 0.717) is 6.92 Å². The molecule has 0 aromatic rings. The van der Waals surface area contributed by atoms with Crippen molar-refractivity contribution in [2.45, 2.75) is 75.9 Å². The van der Waals surface area contributed by atoms with Crippen molar-refractivity contribution < 1.29 is 49.8 Å². The van der Waals surface area contributed by atoms with Crippen molar-refractivity contribution in [1.82, 2.24) is 0 Å². The van der Waals surface area contributed by atoms with Crippen molar-refractivity contribution in [3.8, 4) is 0 Å². The molecule has 0 spiro atoms. The Morgan fingerprint density at radius 3 is 1.96 bits per heavy atom. The molecule has 2 saturated carbocycles. The fourth-order valence-electron chi connectivity index (χ4n) is 4.32. The third-order valence-corrected chi connectivity index (χ3v) is 6.32. The van der Waals surface area contributed by atoms with Crippen LogP contribution in [-0.4, -0.2) is 40.6 Å². The number of aliphatic hydroxyl groups is 1. The van der Waals surface area contributed by atoms with Crippen LogP contribution in [0.2, 0.25) is 0 Å². The van der Waals surface area contributed by atoms with Crippen molar-refractivity contribution in [1.29, 1.82) is 0 Å². The van der Waals surface area contributed by atoms with Gasteiger partial charge in [0.05, 0.1) is 0 Å². The molecule has 5 atom stereocenters. The molecule has 0 amide bonds. The van der Waals surface area contributed by atoms with E-state index in [1.807, 2.05) is 0 Å². The Labute approximate surface area is 156 Å². The first kappa shape index (κ1) is 23.2. The average molecular weight is 426 g/mol. The number of ether oxygens (including phenoxy) is 1. The van der Waals surface area contributed by atoms with Gasteiger partial charge in [-0.2, -0.15) is 26.3 Å². The van der Waals surface area contributed by atoms with Gasteiger partial charge < -0.3 is 9.84 Å². The Hall–Kier alpha value is -1.13. The number of carbonyl (C=O) groups is 1. The number of fused-ring (bicyclic) bond motifs is 2. The van der Waals surface area contributed by atoms with Crippen LogP contribution in [0.1, 0.15) is 46.5 Å². The van der Waals surface area contributed by atoms with Crippen molar-refractivity contribution in [3.63, 3.8) is 0 Å². The fourth-order valence-corrected chi connectivity index (χ4v) is 4.32. The van der Waals surface area contributed by atoms with Crippen LogP contribution in [0.15, 0.2) is 0 Å². The SMILES string of the molecule is CC(C(=O)OC1(C)CC2CC1CC2CC(O)(C(F)(F)F)C(F)(F)F)C(C)(F)F. The molecule has 0 aliphatic heterocycles. The van der Waals surface area contributed by atoms with Gasteiger partial charge in [0.25, 0.3) is 11.5 Å². The second-order valence-corrected chi connectivity index (χ2v) is 8.36. The van der Waals surface area contributed by atoms with Crippen LogP contribution >= 0.6 is 0 Å². The highest BCUT2D eigenvalue weighted by Gasteiger charge is 2.71. The monoisotopic (exact) mass is 426 g/mol. The summed E-state index contributed by atoms with van der Waals surface area (Å²) in [6, 6.07) is 0. The van der Waals surface area contributed by atoms with Crippen molar-refractivity contribution >= 4 is 5.97 Å². The lowest BCUT2D eigenvalue weighted by Crippen LogP contribution is -2.58. The number of alkyl halides is 8. The van der Waals surface area contributed by atoms with Gasteiger partial charge in [0.2, 0.25) is 0 Å². The molecule has 2 rings (SSSR count). The Kier molecular flexibility index (Phi) is 5.54. The normalized spacial score (nSPS) is 32.5. The fraction of sp³-hybridized carbons (Fsp3) is 0.941. The minimum atomic E-state index is -5.88. The molecule has 0 aromatic carbocycles. The molecule has 0 heterocycles. The van der Waals surface area contributed by atoms with Crippen molar-refractivity contribution in [2.75, 3.05) is 0 Å². The third-order valence-electron chi connectivity index (χ3n) is 6.32. The van der Waals surface area contributed by atoms with E-state index in [2.05, 4.69) is 0 Å². The maximum absolute atomic E-state index is 13.3. The van der Waals surface area contributed by atoms with E-state index in [4.69, 9.17) is 4.74 Å². The highest BCUT2D eigenvalue weighted by molar-refractivity contribution is 5.73. The smallest absolute Gasteiger partial charge is 0.426 e. The molecule has 0 radical (unpaired) electrons. The lowest BCUT2D eigenvalue weighted by Gasteiger charge is -2.40. The van der Waals surface area contributed by atoms with Crippen molar-refractivity contribution in [3.05, 3.63) is 0 Å². The van der Waals surface area contributed by atoms with E-state index >= 15 is 0 Å². The Morgan fingerprint density at radius 2 is 1.61 bits per heavy atom. The highest BCUT2D eigenvalue weighted by atomic mass is 19.4. The molecule has 0 aromatic heterocycles. The molecule has 11 heteroatoms. The summed E-state index contributed by atoms with van der Waals surface area (Å²) >= 11 is 0. The quantitative estimate of drug-likeness (QED) is 0.504. The van der Waals surface area contributed by atoms with E-state index in [-0.39, 0.29) is 19.3 Å². The molecule has 0 saturated heterocycles. The van der Waals surface area contributed by atoms with Gasteiger partial charge in [0, 0.05) is 6.92 Å². The van der Waals surface area contributed by atoms with Gasteiger partial charge >= 0.3 is 18.3 Å². The number of hydrogen-bond acceptors (Lipinski definition) is 3. The van der Waals surface area contributed by atoms with Crippen LogP contribution in [0.4, 0.5) is 35.1 Å². The summed E-state index contributed by atoms with van der Waals surface area (Å²) in [5, 5.41) is 9.39. The van der Waals surface area contributed by atoms with E-state index < -0.39 is 65.5 Å². The van der Waals surface area contributed by atoms with Gasteiger partial charge in [0.1, 0.15) is 11.5 Å². The maximum Gasteiger partial charge on any atom is 0.426 e. The van der Waals surface area contributed by atoms with E-state index in [9.17, 15) is 45.0 Å². The zero-order valence-electron chi connectivity index (χ0n) is 15.4. The molecule has 2 aliphatic rings. The second-order valence-electron chi connectivity index (χ2n) is 8.36. The number of esters is 1. The average Bonchev–Trinajstić information content (AvgIpc) is 2.99. The Balaban J connectivity index is 2.10. The topological polar surface area (TPSA) is 46.5 Å². The summed E-state index contributed by atoms with van der Waals surface area (Å²) in [5.41, 5.74) is -6.05. The van der Waals surface area contributed by atoms with Gasteiger partial charge in [0.15, 0.2) is 0 Å². The molecule has 5 unspecified atom stereocenters. The summed E-state index contributed by atoms with van der Waals surface area (Å²) in [4.78, 5) is 12.0. The van der Waals surface area contributed by atoms with E-state index in [1.165, 1.54) is 6.92 Å². The second kappa shape index (κ2) is 6.70. The molecular formula is C17H22F8O3. The summed E-state index contributed by atoms with van der Waals surface area (Å²) < 4.78 is 109. The predicted octanol–water partition coefficient (Wildman–Crippen LogP) is 4.87. The third kappa shape index (κ3) is 3.95. The first-order chi connectivity index (χ1) is 12.3. The number of rotatable bonds is 5. The van der Waals surface area contributed by atoms with Crippen molar-refractivity contribution in [2.24, 2.45) is 23.7 Å². The lowest BCUT2D eigenvalue weighted by atomic mass is 9.75. The zero-order chi connectivity index (χ0) is 21.9. The Morgan fingerprint density at radius 1 is 1.11 bits per heavy atom. The van der Waals surface area contributed by atoms with Crippen LogP contribution in [0.25, 0.3) is 0 Å². The molecular weight excluding hydrogens is 404 g/mol. The largest absolute Gasteiger partial charge is 0.459 e. The molecule has 2 aliphatic carbocycles. The predicted molar refractivity (Wildman–Crippen MR) is 80.3 cm³/mol. The van der Waals surface area contributed by atoms with E-state index in [0.717, 1.165) is 6.92 Å². The molecule has 164 valence electrons. The van der Waals surface area contributed by atoms with E-state index in [1.54, 1.807) is 0 Å². The molecule has 2 fully saturated rings. The summed E-state index contributed by atoms with van der Waals surface area (Å²) in [6.45, 7) is 2.98. The standard InChI is InChI=1S/C17H22F8O3/c1-8(14(3,18)19)12(26)28-13(2)6-9-4-11(13)5-10(9)7-15(27,16(20,21)22)17(23,24)25/h8-11,27H,4-7H2,1-3H3. The molecule has 2 bridgehead atoms. The van der Waals surface area contributed by atoms with Crippen LogP contribution < -0.4 is 0 Å². The minimum absolute atomic E-state index is 0.0398. The number of hydrogen-bond donors (Lipinski definition) is 1. The summed E-state index contributed by atoms with van der Waals surface area (Å²) in [6.07, 6.45) is -13.3. The summed E-state index contributed by atoms with van der Waals surface area (Å²) in [7, 11) is 0. The lowest BCUT2D eigenvalue weighted by molar-refractivity contribution is -0.373. The van der Waals surface area contributed by atoms with Crippen LogP contribution in [-0.2, 0) is 9.53 Å². The van der Waals surface area contributed by atoms with Gasteiger partial charge in [-0.15, -0.1) is 0 Å². The molecule has 28 heavy (non-hydrogen) atoms. The number of carbonyl (C=O) groups excluding carboxylic acids is 1. The summed E-state index contributed by atoms with van der Waals surface area (Å²) in [5.74, 6) is -8.51. The van der Waals surface area contributed by atoms with Crippen LogP contribution in [0, 0.1) is 23.7 Å². The maximum atomic E-state index is 13.3. The highest BCUT2D eigenvalue weighted by Crippen LogP contribution is 2.59. The van der Waals surface area contributed by atoms with Gasteiger partial charge in [-0.3, -0.25) is 4.79 Å². The van der Waals surface area contributed by atoms with Gasteiger partial charge in [-0.1, -0.05) is 0 Å².